The van der Waals surface area contributed by atoms with Gasteiger partial charge in [-0.1, -0.05) is 35.4 Å². The number of aromatic nitrogens is 2. The van der Waals surface area contributed by atoms with Gasteiger partial charge in [-0.25, -0.2) is 9.78 Å². The zero-order valence-electron chi connectivity index (χ0n) is 17.2. The molecule has 0 saturated carbocycles. The van der Waals surface area contributed by atoms with Gasteiger partial charge in [0.15, 0.2) is 0 Å². The smallest absolute Gasteiger partial charge is 0.481 e. The zero-order chi connectivity index (χ0) is 23.6. The van der Waals surface area contributed by atoms with Crippen molar-refractivity contribution in [3.8, 4) is 0 Å². The molecular formula is C18H26F3N3O5S2. The van der Waals surface area contributed by atoms with Crippen molar-refractivity contribution in [3.05, 3.63) is 17.2 Å². The van der Waals surface area contributed by atoms with E-state index in [1.165, 1.54) is 10.8 Å². The Bertz CT molecular complexity index is 769. The van der Waals surface area contributed by atoms with E-state index in [2.05, 4.69) is 28.7 Å². The Labute approximate surface area is 185 Å². The highest BCUT2D eigenvalue weighted by Gasteiger charge is 2.38. The molecule has 0 fully saturated rings. The van der Waals surface area contributed by atoms with Crippen LogP contribution < -0.4 is 5.32 Å². The average Bonchev–Trinajstić information content (AvgIpc) is 3.06. The van der Waals surface area contributed by atoms with Crippen molar-refractivity contribution in [2.75, 3.05) is 18.1 Å². The number of carboxylic acids is 2. The molecule has 1 aliphatic rings. The fourth-order valence-corrected chi connectivity index (χ4v) is 4.68. The highest BCUT2D eigenvalue weighted by molar-refractivity contribution is 8.76. The van der Waals surface area contributed by atoms with E-state index in [0.717, 1.165) is 43.1 Å². The number of carbonyl (C=O) groups is 3. The summed E-state index contributed by atoms with van der Waals surface area (Å²) in [4.78, 5) is 36.4. The molecule has 0 spiro atoms. The van der Waals surface area contributed by atoms with Gasteiger partial charge in [-0.3, -0.25) is 9.59 Å². The molecule has 1 aromatic rings. The van der Waals surface area contributed by atoms with Crippen LogP contribution in [0.3, 0.4) is 0 Å². The predicted octanol–water partition coefficient (Wildman–Crippen LogP) is 3.56. The lowest BCUT2D eigenvalue weighted by Crippen LogP contribution is -2.27. The molecule has 0 saturated heterocycles. The Hall–Kier alpha value is -1.89. The van der Waals surface area contributed by atoms with Gasteiger partial charge in [0.1, 0.15) is 11.5 Å². The minimum atomic E-state index is -5.08. The third kappa shape index (κ3) is 9.42. The molecule has 0 aromatic carbocycles. The molecule has 8 nitrogen and oxygen atoms in total. The van der Waals surface area contributed by atoms with Gasteiger partial charge in [0.05, 0.1) is 12.1 Å². The molecule has 1 aromatic heterocycles. The van der Waals surface area contributed by atoms with Gasteiger partial charge in [-0.2, -0.15) is 13.2 Å². The number of aryl methyl sites for hydroxylation is 1. The molecule has 13 heteroatoms. The van der Waals surface area contributed by atoms with Crippen molar-refractivity contribution in [1.82, 2.24) is 14.9 Å². The molecule has 3 N–H and O–H groups in total. The first kappa shape index (κ1) is 27.1. The normalized spacial score (nSPS) is 13.2. The van der Waals surface area contributed by atoms with Crippen LogP contribution in [0.1, 0.15) is 61.0 Å². The van der Waals surface area contributed by atoms with E-state index in [-0.39, 0.29) is 18.2 Å². The quantitative estimate of drug-likeness (QED) is 0.359. The Morgan fingerprint density at radius 1 is 1.16 bits per heavy atom. The van der Waals surface area contributed by atoms with Crippen LogP contribution in [0.4, 0.5) is 13.2 Å². The van der Waals surface area contributed by atoms with E-state index in [1.807, 2.05) is 0 Å². The van der Waals surface area contributed by atoms with E-state index >= 15 is 0 Å². The van der Waals surface area contributed by atoms with Crippen molar-refractivity contribution >= 4 is 39.4 Å². The summed E-state index contributed by atoms with van der Waals surface area (Å²) in [5, 5.41) is 18.6. The summed E-state index contributed by atoms with van der Waals surface area (Å²) < 4.78 is 34.0. The average molecular weight is 486 g/mol. The van der Waals surface area contributed by atoms with Crippen molar-refractivity contribution in [2.45, 2.75) is 58.2 Å². The van der Waals surface area contributed by atoms with Gasteiger partial charge in [0, 0.05) is 31.0 Å². The maximum absolute atomic E-state index is 12.5. The van der Waals surface area contributed by atoms with Crippen molar-refractivity contribution in [1.29, 1.82) is 0 Å². The van der Waals surface area contributed by atoms with Crippen molar-refractivity contribution in [3.63, 3.8) is 0 Å². The summed E-state index contributed by atoms with van der Waals surface area (Å²) in [5.41, 5.74) is 1.62. The molecule has 31 heavy (non-hydrogen) atoms. The number of alkyl halides is 3. The molecule has 1 amide bonds. The van der Waals surface area contributed by atoms with E-state index < -0.39 is 18.1 Å². The largest absolute Gasteiger partial charge is 0.490 e. The van der Waals surface area contributed by atoms with Crippen LogP contribution >= 0.6 is 21.6 Å². The molecule has 2 rings (SSSR count). The van der Waals surface area contributed by atoms with Crippen LogP contribution in [0, 0.1) is 0 Å². The highest BCUT2D eigenvalue weighted by Crippen LogP contribution is 2.26. The van der Waals surface area contributed by atoms with Gasteiger partial charge < -0.3 is 20.1 Å². The first-order valence-corrected chi connectivity index (χ1v) is 12.1. The molecule has 1 aliphatic heterocycles. The lowest BCUT2D eigenvalue weighted by Gasteiger charge is -2.18. The van der Waals surface area contributed by atoms with Gasteiger partial charge in [0.2, 0.25) is 0 Å². The fourth-order valence-electron chi connectivity index (χ4n) is 2.80. The van der Waals surface area contributed by atoms with Gasteiger partial charge in [-0.15, -0.1) is 0 Å². The number of nitrogens with one attached hydrogen (secondary N) is 1. The molecule has 0 aliphatic carbocycles. The molecule has 0 atom stereocenters. The lowest BCUT2D eigenvalue weighted by molar-refractivity contribution is -0.192. The van der Waals surface area contributed by atoms with Crippen LogP contribution in [0.5, 0.6) is 0 Å². The Balaban J connectivity index is 0.000000592. The Morgan fingerprint density at radius 2 is 1.77 bits per heavy atom. The molecule has 0 bridgehead atoms. The summed E-state index contributed by atoms with van der Waals surface area (Å²) in [6.07, 6.45) is -1.68. The number of halogens is 3. The SMILES string of the molecule is CC(C)c1c(C(=O)NCCSSCCC(=O)O)nc2n1CCCC2.O=C(O)C(F)(F)F. The predicted molar refractivity (Wildman–Crippen MR) is 112 cm³/mol. The van der Waals surface area contributed by atoms with E-state index in [1.54, 1.807) is 10.8 Å². The van der Waals surface area contributed by atoms with Crippen LogP contribution in [-0.2, 0) is 22.6 Å². The number of imidazole rings is 1. The first-order valence-electron chi connectivity index (χ1n) is 9.59. The van der Waals surface area contributed by atoms with E-state index in [4.69, 9.17) is 15.0 Å². The number of nitrogens with zero attached hydrogens (tertiary/aromatic N) is 2. The maximum atomic E-state index is 12.5. The fraction of sp³-hybridized carbons (Fsp3) is 0.667. The summed E-state index contributed by atoms with van der Waals surface area (Å²) in [5.74, 6) is -0.995. The van der Waals surface area contributed by atoms with Gasteiger partial charge >= 0.3 is 18.1 Å². The number of aliphatic carboxylic acids is 2. The lowest BCUT2D eigenvalue weighted by atomic mass is 10.1. The summed E-state index contributed by atoms with van der Waals surface area (Å²) in [6.45, 7) is 5.72. The Morgan fingerprint density at radius 3 is 2.32 bits per heavy atom. The minimum Gasteiger partial charge on any atom is -0.481 e. The third-order valence-corrected chi connectivity index (χ3v) is 6.48. The van der Waals surface area contributed by atoms with Crippen molar-refractivity contribution in [2.24, 2.45) is 0 Å². The monoisotopic (exact) mass is 485 g/mol. The molecule has 0 unspecified atom stereocenters. The van der Waals surface area contributed by atoms with Gasteiger partial charge in [0.25, 0.3) is 5.91 Å². The van der Waals surface area contributed by atoms with Crippen LogP contribution in [-0.4, -0.2) is 61.8 Å². The number of carboxylic acid groups (broad SMARTS) is 2. The van der Waals surface area contributed by atoms with Gasteiger partial charge in [-0.05, 0) is 18.8 Å². The van der Waals surface area contributed by atoms with E-state index in [9.17, 15) is 22.8 Å². The first-order chi connectivity index (χ1) is 14.4. The second-order valence-electron chi connectivity index (χ2n) is 6.87. The second-order valence-corrected chi connectivity index (χ2v) is 9.57. The maximum Gasteiger partial charge on any atom is 0.490 e. The third-order valence-electron chi connectivity index (χ3n) is 4.08. The van der Waals surface area contributed by atoms with Crippen molar-refractivity contribution < 1.29 is 37.8 Å². The standard InChI is InChI=1S/C16H25N3O3S2.C2HF3O2/c1-11(2)15-14(18-12-5-3-4-8-19(12)15)16(22)17-7-10-24-23-9-6-13(20)21;3-2(4,5)1(6)7/h11H,3-10H2,1-2H3,(H,17,22)(H,20,21);(H,6,7). The minimum absolute atomic E-state index is 0.100. The number of rotatable bonds is 9. The number of amides is 1. The molecule has 2 heterocycles. The summed E-state index contributed by atoms with van der Waals surface area (Å²) in [7, 11) is 3.11. The number of hydrogen-bond donors (Lipinski definition) is 3. The van der Waals surface area contributed by atoms with E-state index in [0.29, 0.717) is 18.0 Å². The zero-order valence-corrected chi connectivity index (χ0v) is 18.8. The summed E-state index contributed by atoms with van der Waals surface area (Å²) >= 11 is 0. The number of fused-ring (bicyclic) bond motifs is 1. The second kappa shape index (κ2) is 12.8. The number of hydrogen-bond acceptors (Lipinski definition) is 6. The molecule has 0 radical (unpaired) electrons. The molecular weight excluding hydrogens is 459 g/mol. The Kier molecular flexibility index (Phi) is 11.2. The topological polar surface area (TPSA) is 122 Å². The molecule has 176 valence electrons. The highest BCUT2D eigenvalue weighted by atomic mass is 33.1. The van der Waals surface area contributed by atoms with Crippen LogP contribution in [0.2, 0.25) is 0 Å². The van der Waals surface area contributed by atoms with Crippen LogP contribution in [0.15, 0.2) is 0 Å². The van der Waals surface area contributed by atoms with Crippen LogP contribution in [0.25, 0.3) is 0 Å². The number of carbonyl (C=O) groups excluding carboxylic acids is 1. The summed E-state index contributed by atoms with van der Waals surface area (Å²) in [6, 6.07) is 0.